The van der Waals surface area contributed by atoms with Crippen molar-refractivity contribution in [2.75, 3.05) is 5.32 Å². The van der Waals surface area contributed by atoms with Gasteiger partial charge in [0.25, 0.3) is 20.0 Å². The Morgan fingerprint density at radius 1 is 1.10 bits per heavy atom. The highest BCUT2D eigenvalue weighted by molar-refractivity contribution is 8.04. The van der Waals surface area contributed by atoms with E-state index < -0.39 is 20.0 Å². The molecule has 3 N–H and O–H groups in total. The van der Waals surface area contributed by atoms with E-state index in [1.54, 1.807) is 23.2 Å². The number of nitrogens with one attached hydrogen (secondary N) is 3. The van der Waals surface area contributed by atoms with E-state index in [1.165, 1.54) is 42.6 Å². The zero-order valence-corrected chi connectivity index (χ0v) is 17.1. The van der Waals surface area contributed by atoms with Crippen molar-refractivity contribution >= 4 is 31.3 Å². The van der Waals surface area contributed by atoms with E-state index >= 15 is 0 Å². The number of nitriles is 1. The molecule has 0 radical (unpaired) electrons. The third-order valence-corrected chi connectivity index (χ3v) is 7.34. The number of hydrogen-bond acceptors (Lipinski definition) is 9. The Morgan fingerprint density at radius 3 is 2.53 bits per heavy atom. The van der Waals surface area contributed by atoms with Gasteiger partial charge in [-0.1, -0.05) is 24.3 Å². The number of aryl methyl sites for hydroxylation is 1. The Hall–Kier alpha value is -3.60. The molecule has 0 amide bonds. The molecule has 0 aliphatic carbocycles. The summed E-state index contributed by atoms with van der Waals surface area (Å²) >= 11 is 0. The van der Waals surface area contributed by atoms with Crippen LogP contribution in [0.3, 0.4) is 0 Å². The molecule has 30 heavy (non-hydrogen) atoms. The molecule has 0 aliphatic rings. The summed E-state index contributed by atoms with van der Waals surface area (Å²) in [6.07, 6.45) is 1.19. The van der Waals surface area contributed by atoms with Gasteiger partial charge in [-0.3, -0.25) is 0 Å². The maximum atomic E-state index is 12.8. The van der Waals surface area contributed by atoms with Gasteiger partial charge in [-0.05, 0) is 42.0 Å². The smallest absolute Gasteiger partial charge is 0.255 e. The van der Waals surface area contributed by atoms with Gasteiger partial charge < -0.3 is 5.32 Å². The van der Waals surface area contributed by atoms with Gasteiger partial charge in [-0.15, -0.1) is 14.3 Å². The van der Waals surface area contributed by atoms with Crippen molar-refractivity contribution in [2.45, 2.75) is 16.7 Å². The molecule has 154 valence electrons. The quantitative estimate of drug-likeness (QED) is 0.451. The number of para-hydroxylation sites is 1. The first-order valence-corrected chi connectivity index (χ1v) is 11.2. The standard InChI is InChI=1S/C17H15N7O4S2/c1-12-5-4-6-14(9-12)29(25,26)24-30(27,28)16-8-3-2-7-15(16)19-11-13(10-18)17-20-22-23-21-17/h2-9,11,19,24H,1H3,(H,20,21,22,23). The van der Waals surface area contributed by atoms with E-state index in [-0.39, 0.29) is 26.9 Å². The molecule has 13 heteroatoms. The SMILES string of the molecule is Cc1cccc(S(=O)(=O)NS(=O)(=O)c2ccccc2NC=C(C#N)c2nn[nH]n2)c1. The van der Waals surface area contributed by atoms with Crippen molar-refractivity contribution in [3.05, 3.63) is 66.1 Å². The molecule has 0 atom stereocenters. The number of aromatic nitrogens is 4. The van der Waals surface area contributed by atoms with Crippen molar-refractivity contribution in [1.82, 2.24) is 24.8 Å². The van der Waals surface area contributed by atoms with Crippen LogP contribution in [0.5, 0.6) is 0 Å². The van der Waals surface area contributed by atoms with Crippen molar-refractivity contribution in [3.8, 4) is 6.07 Å². The Balaban J connectivity index is 1.93. The van der Waals surface area contributed by atoms with Crippen molar-refractivity contribution in [3.63, 3.8) is 0 Å². The zero-order valence-electron chi connectivity index (χ0n) is 15.4. The Labute approximate surface area is 172 Å². The fourth-order valence-corrected chi connectivity index (χ4v) is 5.59. The lowest BCUT2D eigenvalue weighted by Crippen LogP contribution is -2.31. The normalized spacial score (nSPS) is 12.3. The number of sulfonamides is 2. The predicted molar refractivity (Wildman–Crippen MR) is 107 cm³/mol. The molecule has 11 nitrogen and oxygen atoms in total. The molecular formula is C17H15N7O4S2. The third kappa shape index (κ3) is 4.69. The molecule has 1 heterocycles. The number of anilines is 1. The summed E-state index contributed by atoms with van der Waals surface area (Å²) in [5.41, 5.74) is 0.685. The summed E-state index contributed by atoms with van der Waals surface area (Å²) < 4.78 is 52.5. The van der Waals surface area contributed by atoms with Gasteiger partial charge in [0.05, 0.1) is 10.6 Å². The molecule has 0 bridgehead atoms. The summed E-state index contributed by atoms with van der Waals surface area (Å²) in [5.74, 6) is 0.00508. The number of benzene rings is 2. The zero-order chi connectivity index (χ0) is 21.8. The van der Waals surface area contributed by atoms with Crippen LogP contribution in [0.1, 0.15) is 11.4 Å². The molecule has 0 saturated carbocycles. The van der Waals surface area contributed by atoms with E-state index in [4.69, 9.17) is 0 Å². The fourth-order valence-electron chi connectivity index (χ4n) is 2.41. The molecule has 3 aromatic rings. The number of nitrogens with zero attached hydrogens (tertiary/aromatic N) is 4. The van der Waals surface area contributed by atoms with Gasteiger partial charge >= 0.3 is 0 Å². The molecule has 0 fully saturated rings. The van der Waals surface area contributed by atoms with Gasteiger partial charge in [-0.25, -0.2) is 16.8 Å². The lowest BCUT2D eigenvalue weighted by Gasteiger charge is -2.12. The van der Waals surface area contributed by atoms with Gasteiger partial charge in [0.2, 0.25) is 5.82 Å². The minimum Gasteiger partial charge on any atom is -0.359 e. The average Bonchev–Trinajstić information content (AvgIpc) is 3.23. The molecule has 0 unspecified atom stereocenters. The fraction of sp³-hybridized carbons (Fsp3) is 0.0588. The summed E-state index contributed by atoms with van der Waals surface area (Å²) in [7, 11) is -8.82. The van der Waals surface area contributed by atoms with E-state index in [1.807, 2.05) is 6.07 Å². The highest BCUT2D eigenvalue weighted by atomic mass is 32.3. The monoisotopic (exact) mass is 445 g/mol. The van der Waals surface area contributed by atoms with Crippen LogP contribution >= 0.6 is 0 Å². The van der Waals surface area contributed by atoms with E-state index in [0.717, 1.165) is 0 Å². The van der Waals surface area contributed by atoms with Gasteiger partial charge in [0.1, 0.15) is 16.5 Å². The van der Waals surface area contributed by atoms with Crippen LogP contribution in [0, 0.1) is 18.3 Å². The van der Waals surface area contributed by atoms with Gasteiger partial charge in [0, 0.05) is 6.20 Å². The van der Waals surface area contributed by atoms with Crippen LogP contribution < -0.4 is 9.44 Å². The summed E-state index contributed by atoms with van der Waals surface area (Å²) in [4.78, 5) is -0.511. The van der Waals surface area contributed by atoms with Crippen LogP contribution in [-0.2, 0) is 20.0 Å². The number of H-pyrrole nitrogens is 1. The molecule has 0 aliphatic heterocycles. The number of aromatic amines is 1. The first kappa shape index (κ1) is 21.1. The lowest BCUT2D eigenvalue weighted by atomic mass is 10.2. The van der Waals surface area contributed by atoms with Crippen LogP contribution in [-0.4, -0.2) is 37.5 Å². The topological polar surface area (TPSA) is 171 Å². The molecule has 1 aromatic heterocycles. The van der Waals surface area contributed by atoms with Crippen LogP contribution in [0.2, 0.25) is 0 Å². The second kappa shape index (κ2) is 8.41. The number of allylic oxidation sites excluding steroid dienone is 1. The predicted octanol–water partition coefficient (Wildman–Crippen LogP) is 1.15. The minimum absolute atomic E-state index is 0.00508. The molecular weight excluding hydrogens is 430 g/mol. The maximum absolute atomic E-state index is 12.8. The van der Waals surface area contributed by atoms with Gasteiger partial charge in [-0.2, -0.15) is 10.5 Å². The van der Waals surface area contributed by atoms with E-state index in [9.17, 15) is 22.1 Å². The molecule has 0 spiro atoms. The van der Waals surface area contributed by atoms with Crippen LogP contribution in [0.15, 0.2) is 64.5 Å². The Bertz CT molecular complexity index is 1340. The van der Waals surface area contributed by atoms with E-state index in [2.05, 4.69) is 25.9 Å². The summed E-state index contributed by atoms with van der Waals surface area (Å²) in [6.45, 7) is 1.69. The number of hydrogen-bond donors (Lipinski definition) is 3. The Morgan fingerprint density at radius 2 is 1.87 bits per heavy atom. The summed E-state index contributed by atoms with van der Waals surface area (Å²) in [6, 6.07) is 13.3. The third-order valence-electron chi connectivity index (χ3n) is 3.77. The molecule has 0 saturated heterocycles. The van der Waals surface area contributed by atoms with E-state index in [0.29, 0.717) is 5.56 Å². The molecule has 3 rings (SSSR count). The van der Waals surface area contributed by atoms with Gasteiger partial charge in [0.15, 0.2) is 0 Å². The average molecular weight is 445 g/mol. The number of tetrazole rings is 1. The van der Waals surface area contributed by atoms with Crippen LogP contribution in [0.4, 0.5) is 5.69 Å². The first-order chi connectivity index (χ1) is 14.2. The van der Waals surface area contributed by atoms with Crippen molar-refractivity contribution in [1.29, 1.82) is 5.26 Å². The summed E-state index contributed by atoms with van der Waals surface area (Å²) in [5, 5.41) is 24.8. The van der Waals surface area contributed by atoms with Crippen molar-refractivity contribution < 1.29 is 16.8 Å². The maximum Gasteiger partial charge on any atom is 0.255 e. The van der Waals surface area contributed by atoms with Crippen molar-refractivity contribution in [2.24, 2.45) is 0 Å². The Kier molecular flexibility index (Phi) is 5.92. The molecule has 2 aromatic carbocycles. The lowest BCUT2D eigenvalue weighted by molar-refractivity contribution is 0.577. The minimum atomic E-state index is -4.48. The largest absolute Gasteiger partial charge is 0.359 e. The second-order valence-electron chi connectivity index (χ2n) is 5.95. The first-order valence-electron chi connectivity index (χ1n) is 8.28. The van der Waals surface area contributed by atoms with Crippen LogP contribution in [0.25, 0.3) is 5.57 Å². The highest BCUT2D eigenvalue weighted by Crippen LogP contribution is 2.23. The highest BCUT2D eigenvalue weighted by Gasteiger charge is 2.26. The number of rotatable bonds is 7. The second-order valence-corrected chi connectivity index (χ2v) is 9.54.